The van der Waals surface area contributed by atoms with E-state index in [1.54, 1.807) is 0 Å². The standard InChI is InChI=1S/C15H12N4O9/c1-27-13-4-3-8(5-10(13)17(21)22)15(20)16-9-6-11(18(23)24)14(28-2)12(7-9)19(25)26/h3-7H,1-2H3,(H,16,20). The molecule has 1 N–H and O–H groups in total. The monoisotopic (exact) mass is 392 g/mol. The Hall–Kier alpha value is -4.29. The van der Waals surface area contributed by atoms with E-state index < -0.39 is 43.5 Å². The van der Waals surface area contributed by atoms with Gasteiger partial charge in [0.1, 0.15) is 0 Å². The fourth-order valence-corrected chi connectivity index (χ4v) is 2.33. The van der Waals surface area contributed by atoms with E-state index in [9.17, 15) is 35.1 Å². The Kier molecular flexibility index (Phi) is 5.68. The summed E-state index contributed by atoms with van der Waals surface area (Å²) in [7, 11) is 2.25. The van der Waals surface area contributed by atoms with Crippen LogP contribution in [0.1, 0.15) is 10.4 Å². The third kappa shape index (κ3) is 3.92. The molecule has 28 heavy (non-hydrogen) atoms. The van der Waals surface area contributed by atoms with Crippen molar-refractivity contribution in [3.05, 3.63) is 66.2 Å². The van der Waals surface area contributed by atoms with Gasteiger partial charge in [0, 0.05) is 23.8 Å². The Morgan fingerprint density at radius 2 is 1.39 bits per heavy atom. The third-order valence-electron chi connectivity index (χ3n) is 3.54. The number of rotatable bonds is 7. The quantitative estimate of drug-likeness (QED) is 0.548. The van der Waals surface area contributed by atoms with Crippen LogP contribution in [0.5, 0.6) is 11.5 Å². The molecule has 0 aliphatic rings. The molecule has 0 unspecified atom stereocenters. The fraction of sp³-hybridized carbons (Fsp3) is 0.133. The van der Waals surface area contributed by atoms with Gasteiger partial charge in [-0.1, -0.05) is 0 Å². The highest BCUT2D eigenvalue weighted by Gasteiger charge is 2.28. The first-order chi connectivity index (χ1) is 13.2. The minimum Gasteiger partial charge on any atom is -0.490 e. The van der Waals surface area contributed by atoms with Crippen LogP contribution in [0, 0.1) is 30.3 Å². The van der Waals surface area contributed by atoms with Gasteiger partial charge in [-0.15, -0.1) is 0 Å². The molecular formula is C15H12N4O9. The average molecular weight is 392 g/mol. The number of carbonyl (C=O) groups excluding carboxylic acids is 1. The molecule has 0 heterocycles. The van der Waals surface area contributed by atoms with Crippen molar-refractivity contribution in [1.29, 1.82) is 0 Å². The summed E-state index contributed by atoms with van der Waals surface area (Å²) in [5.41, 5.74) is -2.35. The van der Waals surface area contributed by atoms with Crippen LogP contribution < -0.4 is 14.8 Å². The van der Waals surface area contributed by atoms with E-state index in [-0.39, 0.29) is 17.0 Å². The highest BCUT2D eigenvalue weighted by atomic mass is 16.6. The number of nitro benzene ring substituents is 3. The second kappa shape index (κ2) is 7.94. The molecule has 13 heteroatoms. The summed E-state index contributed by atoms with van der Waals surface area (Å²) in [4.78, 5) is 43.2. The second-order valence-electron chi connectivity index (χ2n) is 5.16. The van der Waals surface area contributed by atoms with E-state index in [0.29, 0.717) is 0 Å². The number of anilines is 1. The number of nitro groups is 3. The summed E-state index contributed by atoms with van der Waals surface area (Å²) < 4.78 is 9.56. The molecule has 2 rings (SSSR count). The predicted molar refractivity (Wildman–Crippen MR) is 93.9 cm³/mol. The lowest BCUT2D eigenvalue weighted by Crippen LogP contribution is -2.13. The van der Waals surface area contributed by atoms with Crippen molar-refractivity contribution in [2.45, 2.75) is 0 Å². The molecule has 0 aliphatic carbocycles. The van der Waals surface area contributed by atoms with Crippen molar-refractivity contribution in [2.24, 2.45) is 0 Å². The lowest BCUT2D eigenvalue weighted by molar-refractivity contribution is -0.395. The number of carbonyl (C=O) groups is 1. The van der Waals surface area contributed by atoms with Crippen LogP contribution >= 0.6 is 0 Å². The third-order valence-corrected chi connectivity index (χ3v) is 3.54. The van der Waals surface area contributed by atoms with Crippen LogP contribution in [0.15, 0.2) is 30.3 Å². The van der Waals surface area contributed by atoms with Crippen molar-refractivity contribution >= 4 is 28.7 Å². The van der Waals surface area contributed by atoms with Gasteiger partial charge in [0.05, 0.1) is 34.7 Å². The van der Waals surface area contributed by atoms with E-state index in [1.807, 2.05) is 0 Å². The molecule has 0 aliphatic heterocycles. The predicted octanol–water partition coefficient (Wildman–Crippen LogP) is 2.68. The molecule has 146 valence electrons. The Morgan fingerprint density at radius 1 is 0.857 bits per heavy atom. The first-order valence-electron chi connectivity index (χ1n) is 7.34. The highest BCUT2D eigenvalue weighted by Crippen LogP contribution is 2.39. The van der Waals surface area contributed by atoms with Gasteiger partial charge in [0.25, 0.3) is 11.7 Å². The van der Waals surface area contributed by atoms with Gasteiger partial charge < -0.3 is 14.8 Å². The van der Waals surface area contributed by atoms with E-state index in [0.717, 1.165) is 25.3 Å². The summed E-state index contributed by atoms with van der Waals surface area (Å²) in [6.07, 6.45) is 0. The van der Waals surface area contributed by atoms with Crippen LogP contribution in [-0.4, -0.2) is 34.9 Å². The summed E-state index contributed by atoms with van der Waals surface area (Å²) in [5, 5.41) is 35.6. The average Bonchev–Trinajstić information content (AvgIpc) is 2.66. The van der Waals surface area contributed by atoms with Crippen LogP contribution in [0.2, 0.25) is 0 Å². The van der Waals surface area contributed by atoms with Gasteiger partial charge in [-0.3, -0.25) is 35.1 Å². The Balaban J connectivity index is 2.46. The van der Waals surface area contributed by atoms with Crippen LogP contribution in [0.4, 0.5) is 22.7 Å². The van der Waals surface area contributed by atoms with Gasteiger partial charge in [0.2, 0.25) is 0 Å². The zero-order chi connectivity index (χ0) is 21.0. The number of methoxy groups -OCH3 is 2. The zero-order valence-corrected chi connectivity index (χ0v) is 14.4. The number of benzene rings is 2. The van der Waals surface area contributed by atoms with Crippen molar-refractivity contribution in [2.75, 3.05) is 19.5 Å². The SMILES string of the molecule is COc1ccc(C(=O)Nc2cc([N+](=O)[O-])c(OC)c([N+](=O)[O-])c2)cc1[N+](=O)[O-]. The molecule has 0 saturated heterocycles. The first kappa shape index (κ1) is 20.0. The molecule has 13 nitrogen and oxygen atoms in total. The smallest absolute Gasteiger partial charge is 0.320 e. The number of amides is 1. The topological polar surface area (TPSA) is 177 Å². The second-order valence-corrected chi connectivity index (χ2v) is 5.16. The number of hydrogen-bond donors (Lipinski definition) is 1. The lowest BCUT2D eigenvalue weighted by Gasteiger charge is -2.09. The van der Waals surface area contributed by atoms with Gasteiger partial charge in [-0.05, 0) is 12.1 Å². The molecule has 0 saturated carbocycles. The number of hydrogen-bond acceptors (Lipinski definition) is 9. The van der Waals surface area contributed by atoms with Crippen LogP contribution in [0.25, 0.3) is 0 Å². The molecule has 0 aromatic heterocycles. The van der Waals surface area contributed by atoms with E-state index in [4.69, 9.17) is 9.47 Å². The summed E-state index contributed by atoms with van der Waals surface area (Å²) >= 11 is 0. The fourth-order valence-electron chi connectivity index (χ4n) is 2.33. The molecule has 0 spiro atoms. The maximum Gasteiger partial charge on any atom is 0.320 e. The van der Waals surface area contributed by atoms with Crippen molar-refractivity contribution < 1.29 is 29.0 Å². The zero-order valence-electron chi connectivity index (χ0n) is 14.4. The minimum atomic E-state index is -0.903. The van der Waals surface area contributed by atoms with Crippen molar-refractivity contribution in [1.82, 2.24) is 0 Å². The Labute approximate surface area is 155 Å². The lowest BCUT2D eigenvalue weighted by atomic mass is 10.1. The molecule has 0 fully saturated rings. The van der Waals surface area contributed by atoms with Crippen LogP contribution in [0.3, 0.4) is 0 Å². The van der Waals surface area contributed by atoms with Gasteiger partial charge in [-0.25, -0.2) is 0 Å². The van der Waals surface area contributed by atoms with Gasteiger partial charge in [-0.2, -0.15) is 0 Å². The van der Waals surface area contributed by atoms with E-state index in [2.05, 4.69) is 5.32 Å². The summed E-state index contributed by atoms with van der Waals surface area (Å²) in [6.45, 7) is 0. The van der Waals surface area contributed by atoms with Crippen molar-refractivity contribution in [3.8, 4) is 11.5 Å². The summed E-state index contributed by atoms with van der Waals surface area (Å²) in [6, 6.07) is 5.13. The maximum absolute atomic E-state index is 12.4. The Bertz CT molecular complexity index is 954. The largest absolute Gasteiger partial charge is 0.490 e. The van der Waals surface area contributed by atoms with Gasteiger partial charge >= 0.3 is 17.1 Å². The minimum absolute atomic E-state index is 0.0720. The molecule has 0 radical (unpaired) electrons. The molecule has 0 atom stereocenters. The molecular weight excluding hydrogens is 380 g/mol. The summed E-state index contributed by atoms with van der Waals surface area (Å²) in [5.74, 6) is -1.52. The highest BCUT2D eigenvalue weighted by molar-refractivity contribution is 6.05. The van der Waals surface area contributed by atoms with Crippen LogP contribution in [-0.2, 0) is 0 Å². The van der Waals surface area contributed by atoms with E-state index >= 15 is 0 Å². The van der Waals surface area contributed by atoms with Gasteiger partial charge in [0.15, 0.2) is 5.75 Å². The van der Waals surface area contributed by atoms with Crippen molar-refractivity contribution in [3.63, 3.8) is 0 Å². The maximum atomic E-state index is 12.4. The molecule has 2 aromatic carbocycles. The Morgan fingerprint density at radius 3 is 1.82 bits per heavy atom. The normalized spacial score (nSPS) is 10.1. The number of ether oxygens (including phenoxy) is 2. The molecule has 1 amide bonds. The molecule has 2 aromatic rings. The molecule has 0 bridgehead atoms. The number of nitrogens with one attached hydrogen (secondary N) is 1. The number of nitrogens with zero attached hydrogens (tertiary/aromatic N) is 3. The van der Waals surface area contributed by atoms with E-state index in [1.165, 1.54) is 19.2 Å². The first-order valence-corrected chi connectivity index (χ1v) is 7.34.